The Bertz CT molecular complexity index is 1230. The Morgan fingerprint density at radius 1 is 1.11 bits per heavy atom. The maximum absolute atomic E-state index is 14.0. The highest BCUT2D eigenvalue weighted by Crippen LogP contribution is 2.65. The number of halogens is 1. The minimum absolute atomic E-state index is 0.0107. The summed E-state index contributed by atoms with van der Waals surface area (Å²) in [5, 5.41) is 15.6. The summed E-state index contributed by atoms with van der Waals surface area (Å²) in [6, 6.07) is 15.6. The molecular weight excluding hydrogens is 506 g/mol. The predicted octanol–water partition coefficient (Wildman–Crippen LogP) is 3.38. The van der Waals surface area contributed by atoms with Crippen molar-refractivity contribution in [2.75, 3.05) is 18.5 Å². The summed E-state index contributed by atoms with van der Waals surface area (Å²) in [6.07, 6.45) is 1.51. The van der Waals surface area contributed by atoms with E-state index in [1.54, 1.807) is 29.2 Å². The van der Waals surface area contributed by atoms with Gasteiger partial charge in [0.2, 0.25) is 17.7 Å². The number of carbonyl (C=O) groups is 3. The number of benzene rings is 2. The summed E-state index contributed by atoms with van der Waals surface area (Å²) in [7, 11) is 0. The van der Waals surface area contributed by atoms with Crippen molar-refractivity contribution < 1.29 is 24.2 Å². The molecule has 3 saturated heterocycles. The molecule has 3 N–H and O–H groups in total. The molecule has 2 aromatic rings. The third-order valence-corrected chi connectivity index (χ3v) is 8.92. The first-order chi connectivity index (χ1) is 18.2. The molecule has 0 aliphatic carbocycles. The standard InChI is InChI=1S/C29H34ClN3O5/c1-18-16-29-23(22(28(18,2)38-29)25(35)31-17-19-10-4-3-5-11-19)27(37)33(14-8-9-15-34)24(29)26(36)32-21-13-7-6-12-20(21)30/h3-7,10-13,18,22-24,34H,8-9,14-17H2,1-2H3,(H,31,35)(H,32,36)/t18?,22-,23+,24?,28+,29?/m1/s1. The molecular formula is C29H34ClN3O5. The first-order valence-corrected chi connectivity index (χ1v) is 13.6. The minimum atomic E-state index is -1.13. The van der Waals surface area contributed by atoms with Gasteiger partial charge in [-0.25, -0.2) is 0 Å². The van der Waals surface area contributed by atoms with E-state index in [4.69, 9.17) is 16.3 Å². The molecule has 0 radical (unpaired) electrons. The maximum atomic E-state index is 14.0. The van der Waals surface area contributed by atoms with Gasteiger partial charge in [0, 0.05) is 19.7 Å². The van der Waals surface area contributed by atoms with Crippen LogP contribution in [0.4, 0.5) is 5.69 Å². The number of anilines is 1. The summed E-state index contributed by atoms with van der Waals surface area (Å²) < 4.78 is 6.71. The van der Waals surface area contributed by atoms with Gasteiger partial charge in [0.05, 0.1) is 28.1 Å². The first-order valence-electron chi connectivity index (χ1n) is 13.2. The molecule has 6 atom stereocenters. The monoisotopic (exact) mass is 539 g/mol. The number of rotatable bonds is 9. The number of hydrogen-bond donors (Lipinski definition) is 3. The molecule has 3 aliphatic heterocycles. The van der Waals surface area contributed by atoms with Crippen molar-refractivity contribution in [1.82, 2.24) is 10.2 Å². The number of likely N-dealkylation sites (tertiary alicyclic amines) is 1. The van der Waals surface area contributed by atoms with Crippen LogP contribution in [0.1, 0.15) is 38.7 Å². The van der Waals surface area contributed by atoms with Crippen LogP contribution in [-0.2, 0) is 25.7 Å². The van der Waals surface area contributed by atoms with Gasteiger partial charge >= 0.3 is 0 Å². The van der Waals surface area contributed by atoms with Crippen LogP contribution in [0, 0.1) is 17.8 Å². The van der Waals surface area contributed by atoms with Gasteiger partial charge in [-0.2, -0.15) is 0 Å². The molecule has 3 heterocycles. The number of aliphatic hydroxyl groups is 1. The number of ether oxygens (including phenoxy) is 1. The fraction of sp³-hybridized carbons (Fsp3) is 0.483. The van der Waals surface area contributed by atoms with E-state index in [0.29, 0.717) is 36.5 Å². The summed E-state index contributed by atoms with van der Waals surface area (Å²) >= 11 is 6.32. The Balaban J connectivity index is 1.48. The molecule has 0 aromatic heterocycles. The van der Waals surface area contributed by atoms with Crippen molar-refractivity contribution in [3.63, 3.8) is 0 Å². The fourth-order valence-electron chi connectivity index (χ4n) is 6.73. The number of hydrogen-bond acceptors (Lipinski definition) is 5. The van der Waals surface area contributed by atoms with Gasteiger partial charge in [0.1, 0.15) is 11.6 Å². The molecule has 9 heteroatoms. The molecule has 3 amide bonds. The Morgan fingerprint density at radius 2 is 1.82 bits per heavy atom. The van der Waals surface area contributed by atoms with Gasteiger partial charge in [-0.3, -0.25) is 14.4 Å². The third kappa shape index (κ3) is 4.28. The second-order valence-electron chi connectivity index (χ2n) is 10.8. The molecule has 1 spiro atoms. The van der Waals surface area contributed by atoms with E-state index >= 15 is 0 Å². The Labute approximate surface area is 227 Å². The molecule has 8 nitrogen and oxygen atoms in total. The van der Waals surface area contributed by atoms with E-state index in [1.165, 1.54) is 0 Å². The Kier molecular flexibility index (Phi) is 7.24. The normalized spacial score (nSPS) is 31.4. The lowest BCUT2D eigenvalue weighted by Crippen LogP contribution is -2.54. The van der Waals surface area contributed by atoms with Crippen LogP contribution >= 0.6 is 11.6 Å². The number of nitrogens with zero attached hydrogens (tertiary/aromatic N) is 1. The summed E-state index contributed by atoms with van der Waals surface area (Å²) in [5.74, 6) is -2.45. The molecule has 2 bridgehead atoms. The Morgan fingerprint density at radius 3 is 2.53 bits per heavy atom. The third-order valence-electron chi connectivity index (χ3n) is 8.59. The summed E-state index contributed by atoms with van der Waals surface area (Å²) in [4.78, 5) is 43.2. The smallest absolute Gasteiger partial charge is 0.250 e. The van der Waals surface area contributed by atoms with Crippen LogP contribution in [0.5, 0.6) is 0 Å². The number of para-hydroxylation sites is 1. The number of fused-ring (bicyclic) bond motifs is 1. The van der Waals surface area contributed by atoms with Crippen molar-refractivity contribution >= 4 is 35.0 Å². The quantitative estimate of drug-likeness (QED) is 0.423. The van der Waals surface area contributed by atoms with Crippen molar-refractivity contribution in [2.45, 2.75) is 56.9 Å². The molecule has 3 aliphatic rings. The van der Waals surface area contributed by atoms with Crippen LogP contribution < -0.4 is 10.6 Å². The van der Waals surface area contributed by atoms with Crippen LogP contribution in [0.2, 0.25) is 5.02 Å². The second kappa shape index (κ2) is 10.3. The van der Waals surface area contributed by atoms with E-state index in [-0.39, 0.29) is 36.8 Å². The molecule has 3 unspecified atom stereocenters. The number of unbranched alkanes of at least 4 members (excludes halogenated alkanes) is 1. The number of carbonyl (C=O) groups excluding carboxylic acids is 3. The van der Waals surface area contributed by atoms with Crippen LogP contribution in [0.15, 0.2) is 54.6 Å². The van der Waals surface area contributed by atoms with Crippen molar-refractivity contribution in [3.8, 4) is 0 Å². The lowest BCUT2D eigenvalue weighted by atomic mass is 9.62. The molecule has 5 rings (SSSR count). The maximum Gasteiger partial charge on any atom is 0.250 e. The van der Waals surface area contributed by atoms with E-state index in [9.17, 15) is 19.5 Å². The number of nitrogens with one attached hydrogen (secondary N) is 2. The molecule has 2 aromatic carbocycles. The van der Waals surface area contributed by atoms with Crippen molar-refractivity contribution in [3.05, 3.63) is 65.2 Å². The van der Waals surface area contributed by atoms with Gasteiger partial charge < -0.3 is 25.4 Å². The van der Waals surface area contributed by atoms with Gasteiger partial charge in [-0.05, 0) is 49.8 Å². The molecule has 202 valence electrons. The molecule has 3 fully saturated rings. The zero-order valence-corrected chi connectivity index (χ0v) is 22.4. The number of amides is 3. The van der Waals surface area contributed by atoms with E-state index in [0.717, 1.165) is 5.56 Å². The fourth-order valence-corrected chi connectivity index (χ4v) is 6.92. The molecule has 38 heavy (non-hydrogen) atoms. The highest BCUT2D eigenvalue weighted by atomic mass is 35.5. The summed E-state index contributed by atoms with van der Waals surface area (Å²) in [6.45, 7) is 4.52. The van der Waals surface area contributed by atoms with E-state index < -0.39 is 29.1 Å². The second-order valence-corrected chi connectivity index (χ2v) is 11.2. The van der Waals surface area contributed by atoms with Gasteiger partial charge in [0.25, 0.3) is 0 Å². The lowest BCUT2D eigenvalue weighted by Gasteiger charge is -2.36. The van der Waals surface area contributed by atoms with Gasteiger partial charge in [-0.1, -0.05) is 61.0 Å². The van der Waals surface area contributed by atoms with Gasteiger partial charge in [0.15, 0.2) is 0 Å². The Hall–Kier alpha value is -2.94. The van der Waals surface area contributed by atoms with Crippen LogP contribution in [-0.4, -0.2) is 58.1 Å². The predicted molar refractivity (Wildman–Crippen MR) is 143 cm³/mol. The highest BCUT2D eigenvalue weighted by molar-refractivity contribution is 6.33. The highest BCUT2D eigenvalue weighted by Gasteiger charge is 2.79. The van der Waals surface area contributed by atoms with Crippen molar-refractivity contribution in [1.29, 1.82) is 0 Å². The van der Waals surface area contributed by atoms with Crippen LogP contribution in [0.25, 0.3) is 0 Å². The number of aliphatic hydroxyl groups excluding tert-OH is 1. The topological polar surface area (TPSA) is 108 Å². The SMILES string of the molecule is CC1CC23O[C@]1(C)[C@@H](C(=O)NCc1ccccc1)[C@H]2C(=O)N(CCCCO)C3C(=O)Nc1ccccc1Cl. The summed E-state index contributed by atoms with van der Waals surface area (Å²) in [5.41, 5.74) is -0.616. The van der Waals surface area contributed by atoms with Gasteiger partial charge in [-0.15, -0.1) is 0 Å². The molecule has 0 saturated carbocycles. The van der Waals surface area contributed by atoms with E-state index in [1.807, 2.05) is 44.2 Å². The average molecular weight is 540 g/mol. The van der Waals surface area contributed by atoms with Crippen molar-refractivity contribution in [2.24, 2.45) is 17.8 Å². The zero-order valence-electron chi connectivity index (χ0n) is 21.7. The first kappa shape index (κ1) is 26.7. The van der Waals surface area contributed by atoms with Crippen LogP contribution in [0.3, 0.4) is 0 Å². The zero-order chi connectivity index (χ0) is 27.1. The lowest BCUT2D eigenvalue weighted by molar-refractivity contribution is -0.146. The average Bonchev–Trinajstić information content (AvgIpc) is 3.41. The largest absolute Gasteiger partial charge is 0.396 e. The minimum Gasteiger partial charge on any atom is -0.396 e. The van der Waals surface area contributed by atoms with E-state index in [2.05, 4.69) is 10.6 Å².